The van der Waals surface area contributed by atoms with E-state index in [-0.39, 0.29) is 0 Å². The first-order chi connectivity index (χ1) is 11.2. The van der Waals surface area contributed by atoms with Crippen molar-refractivity contribution in [2.45, 2.75) is 19.0 Å². The smallest absolute Gasteiger partial charge is 0.231 e. The van der Waals surface area contributed by atoms with Gasteiger partial charge in [0.15, 0.2) is 0 Å². The Balaban J connectivity index is 1.89. The maximum atomic E-state index is 6.00. The molecule has 116 valence electrons. The Bertz CT molecular complexity index is 841. The van der Waals surface area contributed by atoms with E-state index in [9.17, 15) is 0 Å². The van der Waals surface area contributed by atoms with Gasteiger partial charge < -0.3 is 16.4 Å². The quantitative estimate of drug-likeness (QED) is 0.648. The molecule has 0 saturated carbocycles. The van der Waals surface area contributed by atoms with Gasteiger partial charge in [-0.05, 0) is 30.7 Å². The summed E-state index contributed by atoms with van der Waals surface area (Å²) in [5, 5.41) is 15.3. The molecule has 1 aliphatic heterocycles. The van der Waals surface area contributed by atoms with E-state index in [1.807, 2.05) is 34.9 Å². The minimum atomic E-state index is -0.465. The summed E-state index contributed by atoms with van der Waals surface area (Å²) < 4.78 is 1.92. The van der Waals surface area contributed by atoms with Gasteiger partial charge in [0.2, 0.25) is 5.95 Å². The van der Waals surface area contributed by atoms with Gasteiger partial charge in [0.25, 0.3) is 0 Å². The van der Waals surface area contributed by atoms with E-state index in [1.54, 1.807) is 6.33 Å². The number of nitrogens with zero attached hydrogens (tertiary/aromatic N) is 3. The minimum Gasteiger partial charge on any atom is -0.399 e. The largest absolute Gasteiger partial charge is 0.399 e. The molecular formula is C17H18N6. The number of rotatable bonds is 3. The summed E-state index contributed by atoms with van der Waals surface area (Å²) in [6, 6.07) is 16.1. The Morgan fingerprint density at radius 2 is 2.04 bits per heavy atom. The third kappa shape index (κ3) is 2.11. The van der Waals surface area contributed by atoms with Crippen molar-refractivity contribution in [2.24, 2.45) is 0 Å². The van der Waals surface area contributed by atoms with Crippen molar-refractivity contribution < 1.29 is 0 Å². The number of hydrogen-bond acceptors (Lipinski definition) is 5. The summed E-state index contributed by atoms with van der Waals surface area (Å²) in [6.07, 6.45) is 2.52. The van der Waals surface area contributed by atoms with Crippen LogP contribution in [0.25, 0.3) is 5.69 Å². The maximum Gasteiger partial charge on any atom is 0.231 e. The van der Waals surface area contributed by atoms with Crippen LogP contribution in [0.15, 0.2) is 54.9 Å². The lowest BCUT2D eigenvalue weighted by atomic mass is 9.92. The van der Waals surface area contributed by atoms with Crippen molar-refractivity contribution in [3.8, 4) is 5.69 Å². The van der Waals surface area contributed by atoms with E-state index >= 15 is 0 Å². The molecule has 1 aromatic heterocycles. The van der Waals surface area contributed by atoms with Crippen LogP contribution in [0.5, 0.6) is 0 Å². The van der Waals surface area contributed by atoms with E-state index in [2.05, 4.69) is 46.0 Å². The fraction of sp³-hybridized carbons (Fsp3) is 0.176. The lowest BCUT2D eigenvalue weighted by molar-refractivity contribution is 0.519. The predicted molar refractivity (Wildman–Crippen MR) is 91.4 cm³/mol. The molecule has 23 heavy (non-hydrogen) atoms. The summed E-state index contributed by atoms with van der Waals surface area (Å²) in [5.41, 5.74) is 9.40. The number of nitrogens with one attached hydrogen (secondary N) is 2. The fourth-order valence-corrected chi connectivity index (χ4v) is 3.10. The van der Waals surface area contributed by atoms with E-state index in [4.69, 9.17) is 5.73 Å². The molecule has 0 bridgehead atoms. The van der Waals surface area contributed by atoms with Crippen LogP contribution in [0.1, 0.15) is 18.9 Å². The molecule has 1 unspecified atom stereocenters. The first-order valence-electron chi connectivity index (χ1n) is 7.64. The predicted octanol–water partition coefficient (Wildman–Crippen LogP) is 2.95. The molecule has 0 aliphatic carbocycles. The molecule has 3 aromatic rings. The van der Waals surface area contributed by atoms with Crippen molar-refractivity contribution in [1.29, 1.82) is 0 Å². The van der Waals surface area contributed by atoms with E-state index < -0.39 is 5.66 Å². The van der Waals surface area contributed by atoms with Crippen LogP contribution in [-0.2, 0) is 5.66 Å². The zero-order valence-corrected chi connectivity index (χ0v) is 12.8. The van der Waals surface area contributed by atoms with Crippen LogP contribution >= 0.6 is 0 Å². The van der Waals surface area contributed by atoms with Crippen molar-refractivity contribution in [2.75, 3.05) is 16.4 Å². The van der Waals surface area contributed by atoms with Crippen LogP contribution in [0.2, 0.25) is 0 Å². The second kappa shape index (κ2) is 5.01. The Hall–Kier alpha value is -3.02. The zero-order chi connectivity index (χ0) is 15.9. The second-order valence-corrected chi connectivity index (χ2v) is 5.68. The highest BCUT2D eigenvalue weighted by Gasteiger charge is 2.38. The molecule has 1 aliphatic rings. The topological polar surface area (TPSA) is 80.8 Å². The van der Waals surface area contributed by atoms with Gasteiger partial charge in [0.05, 0.1) is 5.69 Å². The van der Waals surface area contributed by atoms with Crippen molar-refractivity contribution in [1.82, 2.24) is 14.8 Å². The summed E-state index contributed by atoms with van der Waals surface area (Å²) in [5.74, 6) is 0.702. The van der Waals surface area contributed by atoms with Crippen LogP contribution in [0.4, 0.5) is 17.3 Å². The zero-order valence-electron chi connectivity index (χ0n) is 12.8. The Kier molecular flexibility index (Phi) is 2.97. The molecule has 0 radical (unpaired) electrons. The Labute approximate surface area is 134 Å². The van der Waals surface area contributed by atoms with E-state index in [0.29, 0.717) is 5.95 Å². The number of anilines is 3. The molecule has 4 rings (SSSR count). The highest BCUT2D eigenvalue weighted by molar-refractivity contribution is 5.65. The van der Waals surface area contributed by atoms with Gasteiger partial charge in [-0.2, -0.15) is 0 Å². The average molecular weight is 306 g/mol. The third-order valence-electron chi connectivity index (χ3n) is 4.28. The number of para-hydroxylation sites is 1. The Morgan fingerprint density at radius 1 is 1.22 bits per heavy atom. The average Bonchev–Trinajstić information content (AvgIpc) is 3.04. The van der Waals surface area contributed by atoms with Crippen molar-refractivity contribution in [3.63, 3.8) is 0 Å². The van der Waals surface area contributed by atoms with Gasteiger partial charge in [-0.3, -0.25) is 4.57 Å². The van der Waals surface area contributed by atoms with Gasteiger partial charge in [0.1, 0.15) is 12.0 Å². The maximum absolute atomic E-state index is 6.00. The lowest BCUT2D eigenvalue weighted by Crippen LogP contribution is -2.46. The number of hydrogen-bond donors (Lipinski definition) is 3. The molecule has 1 atom stereocenters. The van der Waals surface area contributed by atoms with Crippen LogP contribution in [-0.4, -0.2) is 14.8 Å². The first-order valence-corrected chi connectivity index (χ1v) is 7.64. The molecule has 0 fully saturated rings. The summed E-state index contributed by atoms with van der Waals surface area (Å²) in [6.45, 7) is 2.13. The van der Waals surface area contributed by atoms with Crippen molar-refractivity contribution >= 4 is 17.3 Å². The van der Waals surface area contributed by atoms with Crippen LogP contribution in [0, 0.1) is 0 Å². The molecular weight excluding hydrogens is 288 g/mol. The SMILES string of the molecule is CCC1(Nc2ccccc2)Nc2nncn2-c2cc(N)ccc21. The number of nitrogens with two attached hydrogens (primary N) is 1. The lowest BCUT2D eigenvalue weighted by Gasteiger charge is -2.41. The normalized spacial score (nSPS) is 18.7. The number of fused-ring (bicyclic) bond motifs is 3. The molecule has 4 N–H and O–H groups in total. The second-order valence-electron chi connectivity index (χ2n) is 5.68. The van der Waals surface area contributed by atoms with Gasteiger partial charge in [0, 0.05) is 16.9 Å². The fourth-order valence-electron chi connectivity index (χ4n) is 3.10. The Morgan fingerprint density at radius 3 is 2.83 bits per heavy atom. The number of nitrogen functional groups attached to an aromatic ring is 1. The van der Waals surface area contributed by atoms with Crippen LogP contribution < -0.4 is 16.4 Å². The third-order valence-corrected chi connectivity index (χ3v) is 4.28. The first kappa shape index (κ1) is 13.6. The standard InChI is InChI=1S/C17H18N6/c1-2-17(20-13-6-4-3-5-7-13)14-9-8-12(18)10-15(14)23-11-19-22-16(23)21-17/h3-11,20H,2,18H2,1H3,(H,21,22). The van der Waals surface area contributed by atoms with Gasteiger partial charge >= 0.3 is 0 Å². The highest BCUT2D eigenvalue weighted by Crippen LogP contribution is 2.39. The van der Waals surface area contributed by atoms with Gasteiger partial charge in [-0.15, -0.1) is 10.2 Å². The molecule has 0 amide bonds. The van der Waals surface area contributed by atoms with E-state index in [0.717, 1.165) is 29.0 Å². The van der Waals surface area contributed by atoms with Gasteiger partial charge in [-0.1, -0.05) is 31.2 Å². The van der Waals surface area contributed by atoms with Gasteiger partial charge in [-0.25, -0.2) is 0 Å². The summed E-state index contributed by atoms with van der Waals surface area (Å²) in [4.78, 5) is 0. The van der Waals surface area contributed by atoms with Crippen LogP contribution in [0.3, 0.4) is 0 Å². The molecule has 2 aromatic carbocycles. The highest BCUT2D eigenvalue weighted by atomic mass is 15.4. The number of aromatic nitrogens is 3. The number of benzene rings is 2. The summed E-state index contributed by atoms with van der Waals surface area (Å²) >= 11 is 0. The van der Waals surface area contributed by atoms with E-state index in [1.165, 1.54) is 0 Å². The summed E-state index contributed by atoms with van der Waals surface area (Å²) in [7, 11) is 0. The van der Waals surface area contributed by atoms with Crippen molar-refractivity contribution in [3.05, 3.63) is 60.4 Å². The molecule has 0 saturated heterocycles. The minimum absolute atomic E-state index is 0.465. The molecule has 0 spiro atoms. The molecule has 6 nitrogen and oxygen atoms in total. The molecule has 2 heterocycles. The monoisotopic (exact) mass is 306 g/mol. The molecule has 6 heteroatoms.